The van der Waals surface area contributed by atoms with Gasteiger partial charge in [-0.05, 0) is 52.7 Å². The van der Waals surface area contributed by atoms with Crippen molar-refractivity contribution in [3.8, 4) is 0 Å². The Labute approximate surface area is 122 Å². The minimum atomic E-state index is -0.117. The highest BCUT2D eigenvalue weighted by molar-refractivity contribution is 9.10. The largest absolute Gasteiger partial charge is 0.345 e. The SMILES string of the molecule is Cc1cc(Br)ccc1NC(=O)c1cc(Br)cn1C. The number of amides is 1. The lowest BCUT2D eigenvalue weighted by Crippen LogP contribution is -2.15. The number of benzene rings is 1. The molecule has 3 nitrogen and oxygen atoms in total. The molecule has 1 N–H and O–H groups in total. The molecule has 0 radical (unpaired) electrons. The molecular weight excluding hydrogens is 360 g/mol. The fraction of sp³-hybridized carbons (Fsp3) is 0.154. The quantitative estimate of drug-likeness (QED) is 0.846. The predicted octanol–water partition coefficient (Wildman–Crippen LogP) is 4.11. The monoisotopic (exact) mass is 370 g/mol. The Bertz CT molecular complexity index is 605. The third-order valence-electron chi connectivity index (χ3n) is 2.64. The molecule has 94 valence electrons. The normalized spacial score (nSPS) is 10.4. The molecule has 0 aliphatic heterocycles. The first-order valence-electron chi connectivity index (χ1n) is 5.37. The average Bonchev–Trinajstić information content (AvgIpc) is 2.62. The van der Waals surface area contributed by atoms with Gasteiger partial charge in [0.05, 0.1) is 0 Å². The molecule has 18 heavy (non-hydrogen) atoms. The number of hydrogen-bond acceptors (Lipinski definition) is 1. The van der Waals surface area contributed by atoms with E-state index in [1.807, 2.05) is 38.4 Å². The molecule has 0 aliphatic rings. The summed E-state index contributed by atoms with van der Waals surface area (Å²) in [5.74, 6) is -0.117. The number of nitrogens with one attached hydrogen (secondary N) is 1. The molecule has 5 heteroatoms. The zero-order valence-electron chi connectivity index (χ0n) is 10.00. The zero-order chi connectivity index (χ0) is 13.3. The van der Waals surface area contributed by atoms with Gasteiger partial charge in [0.15, 0.2) is 0 Å². The third kappa shape index (κ3) is 2.84. The zero-order valence-corrected chi connectivity index (χ0v) is 13.2. The van der Waals surface area contributed by atoms with Crippen LogP contribution in [0.2, 0.25) is 0 Å². The molecule has 0 bridgehead atoms. The first kappa shape index (κ1) is 13.4. The Hall–Kier alpha value is -1.07. The second kappa shape index (κ2) is 5.28. The summed E-state index contributed by atoms with van der Waals surface area (Å²) in [6, 6.07) is 7.55. The van der Waals surface area contributed by atoms with Crippen molar-refractivity contribution in [2.24, 2.45) is 7.05 Å². The van der Waals surface area contributed by atoms with Crippen LogP contribution in [0.5, 0.6) is 0 Å². The molecule has 1 aromatic carbocycles. The Kier molecular flexibility index (Phi) is 3.92. The van der Waals surface area contributed by atoms with Crippen molar-refractivity contribution < 1.29 is 4.79 Å². The second-order valence-electron chi connectivity index (χ2n) is 4.07. The minimum Gasteiger partial charge on any atom is -0.345 e. The van der Waals surface area contributed by atoms with Crippen molar-refractivity contribution in [2.45, 2.75) is 6.92 Å². The van der Waals surface area contributed by atoms with Crippen LogP contribution in [0.3, 0.4) is 0 Å². The van der Waals surface area contributed by atoms with E-state index >= 15 is 0 Å². The van der Waals surface area contributed by atoms with Crippen molar-refractivity contribution in [2.75, 3.05) is 5.32 Å². The summed E-state index contributed by atoms with van der Waals surface area (Å²) in [5, 5.41) is 2.91. The average molecular weight is 372 g/mol. The van der Waals surface area contributed by atoms with Crippen LogP contribution in [0.4, 0.5) is 5.69 Å². The van der Waals surface area contributed by atoms with E-state index in [9.17, 15) is 4.79 Å². The van der Waals surface area contributed by atoms with E-state index in [0.717, 1.165) is 20.2 Å². The molecular formula is C13H12Br2N2O. The van der Waals surface area contributed by atoms with Crippen LogP contribution in [-0.4, -0.2) is 10.5 Å². The van der Waals surface area contributed by atoms with Crippen molar-refractivity contribution in [1.29, 1.82) is 0 Å². The van der Waals surface area contributed by atoms with Gasteiger partial charge in [-0.25, -0.2) is 0 Å². The summed E-state index contributed by atoms with van der Waals surface area (Å²) in [6.07, 6.45) is 1.85. The molecule has 0 unspecified atom stereocenters. The fourth-order valence-corrected chi connectivity index (χ4v) is 2.70. The number of carbonyl (C=O) groups excluding carboxylic acids is 1. The molecule has 0 fully saturated rings. The van der Waals surface area contributed by atoms with Gasteiger partial charge in [0.1, 0.15) is 5.69 Å². The second-order valence-corrected chi connectivity index (χ2v) is 5.90. The van der Waals surface area contributed by atoms with Crippen molar-refractivity contribution in [3.05, 3.63) is 50.7 Å². The Morgan fingerprint density at radius 2 is 1.94 bits per heavy atom. The molecule has 1 aromatic heterocycles. The van der Waals surface area contributed by atoms with E-state index in [0.29, 0.717) is 5.69 Å². The highest BCUT2D eigenvalue weighted by Gasteiger charge is 2.12. The van der Waals surface area contributed by atoms with Crippen molar-refractivity contribution in [3.63, 3.8) is 0 Å². The van der Waals surface area contributed by atoms with Crippen LogP contribution in [0, 0.1) is 6.92 Å². The van der Waals surface area contributed by atoms with Gasteiger partial charge in [-0.2, -0.15) is 0 Å². The maximum absolute atomic E-state index is 12.1. The van der Waals surface area contributed by atoms with Gasteiger partial charge in [-0.3, -0.25) is 4.79 Å². The molecule has 0 aliphatic carbocycles. The van der Waals surface area contributed by atoms with E-state index in [4.69, 9.17) is 0 Å². The number of carbonyl (C=O) groups is 1. The number of aryl methyl sites for hydroxylation is 2. The van der Waals surface area contributed by atoms with E-state index in [-0.39, 0.29) is 5.91 Å². The first-order chi connectivity index (χ1) is 8.47. The summed E-state index contributed by atoms with van der Waals surface area (Å²) in [4.78, 5) is 12.1. The summed E-state index contributed by atoms with van der Waals surface area (Å²) in [6.45, 7) is 1.96. The third-order valence-corrected chi connectivity index (χ3v) is 3.57. The summed E-state index contributed by atoms with van der Waals surface area (Å²) in [5.41, 5.74) is 2.45. The van der Waals surface area contributed by atoms with Crippen LogP contribution in [0.25, 0.3) is 0 Å². The maximum Gasteiger partial charge on any atom is 0.272 e. The molecule has 0 saturated heterocycles. The van der Waals surface area contributed by atoms with Gasteiger partial charge in [0.25, 0.3) is 5.91 Å². The van der Waals surface area contributed by atoms with Crippen LogP contribution < -0.4 is 5.32 Å². The van der Waals surface area contributed by atoms with Gasteiger partial charge in [-0.15, -0.1) is 0 Å². The van der Waals surface area contributed by atoms with E-state index in [1.54, 1.807) is 10.6 Å². The number of rotatable bonds is 2. The Balaban J connectivity index is 2.24. The van der Waals surface area contributed by atoms with Crippen molar-refractivity contribution in [1.82, 2.24) is 4.57 Å². The summed E-state index contributed by atoms with van der Waals surface area (Å²) < 4.78 is 3.68. The minimum absolute atomic E-state index is 0.117. The lowest BCUT2D eigenvalue weighted by atomic mass is 10.2. The molecule has 0 saturated carbocycles. The van der Waals surface area contributed by atoms with E-state index in [2.05, 4.69) is 37.2 Å². The van der Waals surface area contributed by atoms with Gasteiger partial charge < -0.3 is 9.88 Å². The number of aromatic nitrogens is 1. The van der Waals surface area contributed by atoms with Gasteiger partial charge in [0.2, 0.25) is 0 Å². The summed E-state index contributed by atoms with van der Waals surface area (Å²) >= 11 is 6.75. The predicted molar refractivity (Wildman–Crippen MR) is 79.9 cm³/mol. The summed E-state index contributed by atoms with van der Waals surface area (Å²) in [7, 11) is 1.84. The van der Waals surface area contributed by atoms with Gasteiger partial charge in [0, 0.05) is 27.9 Å². The fourth-order valence-electron chi connectivity index (χ4n) is 1.70. The van der Waals surface area contributed by atoms with Crippen molar-refractivity contribution >= 4 is 43.5 Å². The van der Waals surface area contributed by atoms with Crippen LogP contribution >= 0.6 is 31.9 Å². The molecule has 0 spiro atoms. The van der Waals surface area contributed by atoms with Crippen LogP contribution in [-0.2, 0) is 7.05 Å². The van der Waals surface area contributed by atoms with Crippen LogP contribution in [0.1, 0.15) is 16.1 Å². The lowest BCUT2D eigenvalue weighted by Gasteiger charge is -2.09. The molecule has 1 amide bonds. The standard InChI is InChI=1S/C13H12Br2N2O/c1-8-5-9(14)3-4-11(8)16-13(18)12-6-10(15)7-17(12)2/h3-7H,1-2H3,(H,16,18). The highest BCUT2D eigenvalue weighted by Crippen LogP contribution is 2.21. The maximum atomic E-state index is 12.1. The first-order valence-corrected chi connectivity index (χ1v) is 6.95. The van der Waals surface area contributed by atoms with E-state index in [1.165, 1.54) is 0 Å². The number of anilines is 1. The van der Waals surface area contributed by atoms with Gasteiger partial charge >= 0.3 is 0 Å². The van der Waals surface area contributed by atoms with E-state index < -0.39 is 0 Å². The topological polar surface area (TPSA) is 34.0 Å². The molecule has 2 aromatic rings. The number of hydrogen-bond donors (Lipinski definition) is 1. The highest BCUT2D eigenvalue weighted by atomic mass is 79.9. The number of nitrogens with zero attached hydrogens (tertiary/aromatic N) is 1. The number of halogens is 2. The Morgan fingerprint density at radius 3 is 2.50 bits per heavy atom. The molecule has 1 heterocycles. The van der Waals surface area contributed by atoms with Gasteiger partial charge in [-0.1, -0.05) is 15.9 Å². The van der Waals surface area contributed by atoms with Crippen LogP contribution in [0.15, 0.2) is 39.4 Å². The molecule has 0 atom stereocenters. The Morgan fingerprint density at radius 1 is 1.22 bits per heavy atom. The smallest absolute Gasteiger partial charge is 0.272 e. The lowest BCUT2D eigenvalue weighted by molar-refractivity contribution is 0.101. The molecule has 2 rings (SSSR count).